The first-order valence-corrected chi connectivity index (χ1v) is 5.50. The van der Waals surface area contributed by atoms with E-state index < -0.39 is 0 Å². The number of halogens is 1. The predicted octanol–water partition coefficient (Wildman–Crippen LogP) is 1.34. The van der Waals surface area contributed by atoms with E-state index in [2.05, 4.69) is 10.3 Å². The van der Waals surface area contributed by atoms with Crippen LogP contribution in [-0.4, -0.2) is 28.8 Å². The maximum absolute atomic E-state index is 5.89. The van der Waals surface area contributed by atoms with Crippen LogP contribution in [0.25, 0.3) is 0 Å². The second-order valence-electron chi connectivity index (χ2n) is 3.96. The molecule has 1 aromatic rings. The second-order valence-corrected chi connectivity index (χ2v) is 4.35. The summed E-state index contributed by atoms with van der Waals surface area (Å²) in [4.78, 5) is 4.22. The van der Waals surface area contributed by atoms with Crippen molar-refractivity contribution < 1.29 is 4.74 Å². The fourth-order valence-electron chi connectivity index (χ4n) is 1.75. The molecule has 1 saturated carbocycles. The van der Waals surface area contributed by atoms with Crippen molar-refractivity contribution in [2.24, 2.45) is 7.05 Å². The minimum Gasteiger partial charge on any atom is -0.381 e. The smallest absolute Gasteiger partial charge is 0.128 e. The van der Waals surface area contributed by atoms with Crippen LogP contribution in [0, 0.1) is 0 Å². The molecule has 15 heavy (non-hydrogen) atoms. The van der Waals surface area contributed by atoms with Crippen molar-refractivity contribution in [2.75, 3.05) is 7.11 Å². The summed E-state index contributed by atoms with van der Waals surface area (Å²) >= 11 is 5.89. The average Bonchev–Trinajstić information content (AvgIpc) is 2.47. The first kappa shape index (κ1) is 10.9. The summed E-state index contributed by atoms with van der Waals surface area (Å²) in [5, 5.41) is 4.11. The lowest BCUT2D eigenvalue weighted by molar-refractivity contribution is 0.0167. The number of aromatic nitrogens is 2. The van der Waals surface area contributed by atoms with Crippen LogP contribution in [0.3, 0.4) is 0 Å². The maximum atomic E-state index is 5.89. The third kappa shape index (κ3) is 2.33. The fourth-order valence-corrected chi connectivity index (χ4v) is 1.90. The molecule has 1 N–H and O–H groups in total. The highest BCUT2D eigenvalue weighted by atomic mass is 35.5. The van der Waals surface area contributed by atoms with Crippen LogP contribution in [0.15, 0.2) is 6.20 Å². The Hall–Kier alpha value is -0.580. The van der Waals surface area contributed by atoms with Gasteiger partial charge in [0.15, 0.2) is 0 Å². The minimum atomic E-state index is 0.437. The van der Waals surface area contributed by atoms with Gasteiger partial charge in [-0.1, -0.05) is 11.6 Å². The molecule has 0 bridgehead atoms. The van der Waals surface area contributed by atoms with E-state index in [9.17, 15) is 0 Å². The van der Waals surface area contributed by atoms with Gasteiger partial charge in [-0.05, 0) is 12.8 Å². The van der Waals surface area contributed by atoms with Crippen molar-refractivity contribution in [1.29, 1.82) is 0 Å². The van der Waals surface area contributed by atoms with Crippen LogP contribution in [0.5, 0.6) is 0 Å². The van der Waals surface area contributed by atoms with E-state index in [4.69, 9.17) is 16.3 Å². The van der Waals surface area contributed by atoms with Crippen molar-refractivity contribution in [3.63, 3.8) is 0 Å². The number of nitrogens with one attached hydrogen (secondary N) is 1. The Morgan fingerprint density at radius 3 is 2.93 bits per heavy atom. The highest BCUT2D eigenvalue weighted by Gasteiger charge is 2.28. The van der Waals surface area contributed by atoms with Gasteiger partial charge in [-0.25, -0.2) is 4.98 Å². The van der Waals surface area contributed by atoms with E-state index in [0.29, 0.717) is 17.3 Å². The zero-order valence-corrected chi connectivity index (χ0v) is 9.79. The van der Waals surface area contributed by atoms with Crippen LogP contribution >= 0.6 is 11.6 Å². The highest BCUT2D eigenvalue weighted by molar-refractivity contribution is 6.29. The summed E-state index contributed by atoms with van der Waals surface area (Å²) < 4.78 is 7.10. The van der Waals surface area contributed by atoms with Gasteiger partial charge in [0, 0.05) is 20.2 Å². The molecule has 84 valence electrons. The fraction of sp³-hybridized carbons (Fsp3) is 0.700. The van der Waals surface area contributed by atoms with E-state index >= 15 is 0 Å². The minimum absolute atomic E-state index is 0.437. The molecule has 0 spiro atoms. The molecule has 0 atom stereocenters. The van der Waals surface area contributed by atoms with Gasteiger partial charge in [-0.15, -0.1) is 0 Å². The van der Waals surface area contributed by atoms with Gasteiger partial charge in [0.1, 0.15) is 11.0 Å². The number of imidazole rings is 1. The van der Waals surface area contributed by atoms with Crippen molar-refractivity contribution >= 4 is 11.6 Å². The molecular weight excluding hydrogens is 214 g/mol. The van der Waals surface area contributed by atoms with Crippen LogP contribution in [0.4, 0.5) is 0 Å². The highest BCUT2D eigenvalue weighted by Crippen LogP contribution is 2.22. The van der Waals surface area contributed by atoms with Gasteiger partial charge in [-0.2, -0.15) is 0 Å². The number of hydrogen-bond acceptors (Lipinski definition) is 3. The van der Waals surface area contributed by atoms with Gasteiger partial charge >= 0.3 is 0 Å². The molecule has 0 aromatic carbocycles. The van der Waals surface area contributed by atoms with Crippen LogP contribution < -0.4 is 5.32 Å². The van der Waals surface area contributed by atoms with Gasteiger partial charge in [0.2, 0.25) is 0 Å². The summed E-state index contributed by atoms with van der Waals surface area (Å²) in [7, 11) is 3.69. The largest absolute Gasteiger partial charge is 0.381 e. The molecule has 2 rings (SSSR count). The zero-order valence-electron chi connectivity index (χ0n) is 9.03. The lowest BCUT2D eigenvalue weighted by Crippen LogP contribution is -2.44. The van der Waals surface area contributed by atoms with Crippen LogP contribution in [-0.2, 0) is 18.3 Å². The standard InChI is InChI=1S/C10H16ClN3O/c1-14-9(11)5-13-10(14)6-12-7-3-8(4-7)15-2/h5,7-8,12H,3-4,6H2,1-2H3. The molecule has 1 aliphatic rings. The molecule has 0 saturated heterocycles. The predicted molar refractivity (Wildman–Crippen MR) is 58.9 cm³/mol. The lowest BCUT2D eigenvalue weighted by atomic mass is 9.89. The first-order valence-electron chi connectivity index (χ1n) is 5.13. The van der Waals surface area contributed by atoms with E-state index in [1.807, 2.05) is 11.6 Å². The lowest BCUT2D eigenvalue weighted by Gasteiger charge is -2.34. The summed E-state index contributed by atoms with van der Waals surface area (Å²) in [5.74, 6) is 0.973. The first-order chi connectivity index (χ1) is 7.20. The Kier molecular flexibility index (Phi) is 3.29. The Balaban J connectivity index is 1.77. The summed E-state index contributed by atoms with van der Waals surface area (Å²) in [6, 6.07) is 0.561. The molecule has 1 aromatic heterocycles. The van der Waals surface area contributed by atoms with Gasteiger partial charge < -0.3 is 14.6 Å². The quantitative estimate of drug-likeness (QED) is 0.847. The molecular formula is C10H16ClN3O. The zero-order chi connectivity index (χ0) is 10.8. The molecule has 0 amide bonds. The van der Waals surface area contributed by atoms with Crippen molar-refractivity contribution in [2.45, 2.75) is 31.5 Å². The summed E-state index contributed by atoms with van der Waals surface area (Å²) in [6.07, 6.45) is 4.30. The van der Waals surface area contributed by atoms with E-state index in [0.717, 1.165) is 25.2 Å². The molecule has 0 aliphatic heterocycles. The van der Waals surface area contributed by atoms with Gasteiger partial charge in [-0.3, -0.25) is 0 Å². The summed E-state index contributed by atoms with van der Waals surface area (Å²) in [5.41, 5.74) is 0. The SMILES string of the molecule is COC1CC(NCc2ncc(Cl)n2C)C1. The van der Waals surface area contributed by atoms with E-state index in [1.54, 1.807) is 13.3 Å². The number of hydrogen-bond donors (Lipinski definition) is 1. The van der Waals surface area contributed by atoms with Crippen LogP contribution in [0.1, 0.15) is 18.7 Å². The molecule has 5 heteroatoms. The average molecular weight is 230 g/mol. The van der Waals surface area contributed by atoms with Crippen molar-refractivity contribution in [1.82, 2.24) is 14.9 Å². The number of ether oxygens (including phenoxy) is 1. The summed E-state index contributed by atoms with van der Waals surface area (Å²) in [6.45, 7) is 0.768. The van der Waals surface area contributed by atoms with E-state index in [-0.39, 0.29) is 0 Å². The molecule has 1 fully saturated rings. The normalized spacial score (nSPS) is 25.3. The van der Waals surface area contributed by atoms with E-state index in [1.165, 1.54) is 0 Å². The topological polar surface area (TPSA) is 39.1 Å². The molecule has 4 nitrogen and oxygen atoms in total. The Morgan fingerprint density at radius 2 is 2.40 bits per heavy atom. The molecule has 0 unspecified atom stereocenters. The maximum Gasteiger partial charge on any atom is 0.128 e. The Labute approximate surface area is 94.6 Å². The number of nitrogens with zero attached hydrogens (tertiary/aromatic N) is 2. The third-order valence-corrected chi connectivity index (χ3v) is 3.36. The van der Waals surface area contributed by atoms with Crippen LogP contribution in [0.2, 0.25) is 5.15 Å². The van der Waals surface area contributed by atoms with Crippen molar-refractivity contribution in [3.05, 3.63) is 17.2 Å². The number of rotatable bonds is 4. The second kappa shape index (κ2) is 4.51. The monoisotopic (exact) mass is 229 g/mol. The Bertz CT molecular complexity index is 333. The van der Waals surface area contributed by atoms with Crippen molar-refractivity contribution in [3.8, 4) is 0 Å². The van der Waals surface area contributed by atoms with Gasteiger partial charge in [0.25, 0.3) is 0 Å². The third-order valence-electron chi connectivity index (χ3n) is 3.00. The number of methoxy groups -OCH3 is 1. The molecule has 0 radical (unpaired) electrons. The van der Waals surface area contributed by atoms with Gasteiger partial charge in [0.05, 0.1) is 18.8 Å². The molecule has 1 aliphatic carbocycles. The molecule has 1 heterocycles. The Morgan fingerprint density at radius 1 is 1.67 bits per heavy atom.